The lowest BCUT2D eigenvalue weighted by Crippen LogP contribution is -2.23. The molecule has 0 radical (unpaired) electrons. The molecule has 0 aliphatic heterocycles. The number of imidazole rings is 1. The SMILES string of the molecule is O=S(=O)(O)c1ccc(-c2nc3cnccn3c2NC2CCCCC2)o1. The van der Waals surface area contributed by atoms with Crippen molar-refractivity contribution < 1.29 is 17.4 Å². The summed E-state index contributed by atoms with van der Waals surface area (Å²) in [6.07, 6.45) is 10.8. The van der Waals surface area contributed by atoms with Gasteiger partial charge in [-0.15, -0.1) is 0 Å². The molecule has 4 rings (SSSR count). The number of nitrogens with one attached hydrogen (secondary N) is 1. The standard InChI is InChI=1S/C16H18N4O4S/c21-25(22,23)14-7-6-12(24-14)15-16(18-11-4-2-1-3-5-11)20-9-8-17-10-13(20)19-15/h6-11,18H,1-5H2,(H,21,22,23). The van der Waals surface area contributed by atoms with Crippen molar-refractivity contribution in [3.63, 3.8) is 0 Å². The molecular formula is C16H18N4O4S. The monoisotopic (exact) mass is 362 g/mol. The van der Waals surface area contributed by atoms with Crippen LogP contribution in [0.2, 0.25) is 0 Å². The minimum absolute atomic E-state index is 0.273. The topological polar surface area (TPSA) is 110 Å². The number of hydrogen-bond donors (Lipinski definition) is 2. The van der Waals surface area contributed by atoms with E-state index in [0.717, 1.165) is 18.7 Å². The highest BCUT2D eigenvalue weighted by Gasteiger charge is 2.23. The first-order chi connectivity index (χ1) is 12.0. The molecule has 25 heavy (non-hydrogen) atoms. The van der Waals surface area contributed by atoms with Gasteiger partial charge in [0.15, 0.2) is 11.4 Å². The average molecular weight is 362 g/mol. The van der Waals surface area contributed by atoms with E-state index in [1.54, 1.807) is 18.6 Å². The van der Waals surface area contributed by atoms with Crippen molar-refractivity contribution in [1.82, 2.24) is 14.4 Å². The van der Waals surface area contributed by atoms with Crippen LogP contribution in [0.4, 0.5) is 5.82 Å². The maximum atomic E-state index is 11.3. The highest BCUT2D eigenvalue weighted by molar-refractivity contribution is 7.85. The third-order valence-electron chi connectivity index (χ3n) is 4.45. The van der Waals surface area contributed by atoms with E-state index in [1.807, 2.05) is 4.40 Å². The van der Waals surface area contributed by atoms with E-state index in [4.69, 9.17) is 8.97 Å². The Labute approximate surface area is 144 Å². The van der Waals surface area contributed by atoms with Crippen LogP contribution in [0.3, 0.4) is 0 Å². The molecule has 1 fully saturated rings. The molecule has 3 aromatic heterocycles. The zero-order chi connectivity index (χ0) is 17.4. The van der Waals surface area contributed by atoms with Crippen LogP contribution < -0.4 is 5.32 Å². The van der Waals surface area contributed by atoms with Gasteiger partial charge in [-0.05, 0) is 25.0 Å². The lowest BCUT2D eigenvalue weighted by atomic mass is 9.95. The van der Waals surface area contributed by atoms with E-state index in [1.165, 1.54) is 31.4 Å². The van der Waals surface area contributed by atoms with Gasteiger partial charge in [-0.25, -0.2) is 4.98 Å². The summed E-state index contributed by atoms with van der Waals surface area (Å²) in [6.45, 7) is 0. The molecule has 3 heterocycles. The summed E-state index contributed by atoms with van der Waals surface area (Å²) in [5, 5.41) is 3.02. The van der Waals surface area contributed by atoms with Crippen LogP contribution in [-0.4, -0.2) is 33.4 Å². The lowest BCUT2D eigenvalue weighted by molar-refractivity contribution is 0.413. The summed E-state index contributed by atoms with van der Waals surface area (Å²) < 4.78 is 38.9. The maximum absolute atomic E-state index is 11.3. The van der Waals surface area contributed by atoms with Gasteiger partial charge in [0.2, 0.25) is 5.09 Å². The molecule has 9 heteroatoms. The third kappa shape index (κ3) is 3.12. The summed E-state index contributed by atoms with van der Waals surface area (Å²) >= 11 is 0. The Balaban J connectivity index is 1.79. The van der Waals surface area contributed by atoms with Gasteiger partial charge in [0, 0.05) is 18.4 Å². The second-order valence-electron chi connectivity index (χ2n) is 6.19. The first-order valence-corrected chi connectivity index (χ1v) is 9.63. The minimum Gasteiger partial charge on any atom is -0.440 e. The number of rotatable bonds is 4. The molecule has 0 bridgehead atoms. The zero-order valence-electron chi connectivity index (χ0n) is 13.4. The Hall–Kier alpha value is -2.39. The van der Waals surface area contributed by atoms with E-state index >= 15 is 0 Å². The van der Waals surface area contributed by atoms with Crippen LogP contribution in [0, 0.1) is 0 Å². The van der Waals surface area contributed by atoms with Crippen molar-refractivity contribution in [1.29, 1.82) is 0 Å². The average Bonchev–Trinajstić information content (AvgIpc) is 3.21. The molecule has 8 nitrogen and oxygen atoms in total. The summed E-state index contributed by atoms with van der Waals surface area (Å²) in [5.74, 6) is 1.01. The fourth-order valence-corrected chi connectivity index (χ4v) is 3.68. The normalized spacial score (nSPS) is 16.4. The van der Waals surface area contributed by atoms with Crippen LogP contribution in [0.15, 0.2) is 40.2 Å². The van der Waals surface area contributed by atoms with Crippen molar-refractivity contribution >= 4 is 21.6 Å². The van der Waals surface area contributed by atoms with Crippen LogP contribution in [0.1, 0.15) is 32.1 Å². The van der Waals surface area contributed by atoms with Gasteiger partial charge < -0.3 is 9.73 Å². The van der Waals surface area contributed by atoms with Gasteiger partial charge in [-0.1, -0.05) is 19.3 Å². The Morgan fingerprint density at radius 2 is 2.04 bits per heavy atom. The van der Waals surface area contributed by atoms with E-state index in [0.29, 0.717) is 17.4 Å². The van der Waals surface area contributed by atoms with Crippen LogP contribution >= 0.6 is 0 Å². The first-order valence-electron chi connectivity index (χ1n) is 8.19. The molecular weight excluding hydrogens is 344 g/mol. The molecule has 0 saturated heterocycles. The van der Waals surface area contributed by atoms with Gasteiger partial charge in [0.25, 0.3) is 0 Å². The molecule has 0 aromatic carbocycles. The summed E-state index contributed by atoms with van der Waals surface area (Å²) in [7, 11) is -4.39. The van der Waals surface area contributed by atoms with Crippen LogP contribution in [0.25, 0.3) is 17.1 Å². The number of nitrogens with zero attached hydrogens (tertiary/aromatic N) is 3. The molecule has 0 atom stereocenters. The molecule has 0 amide bonds. The number of aromatic nitrogens is 3. The maximum Gasteiger partial charge on any atom is 0.328 e. The Kier molecular flexibility index (Phi) is 3.97. The Morgan fingerprint density at radius 1 is 1.24 bits per heavy atom. The van der Waals surface area contributed by atoms with E-state index < -0.39 is 15.2 Å². The molecule has 0 unspecified atom stereocenters. The smallest absolute Gasteiger partial charge is 0.328 e. The fourth-order valence-electron chi connectivity index (χ4n) is 3.24. The van der Waals surface area contributed by atoms with Crippen LogP contribution in [-0.2, 0) is 10.1 Å². The van der Waals surface area contributed by atoms with Crippen molar-refractivity contribution in [2.24, 2.45) is 0 Å². The molecule has 132 valence electrons. The predicted octanol–water partition coefficient (Wildman–Crippen LogP) is 2.98. The van der Waals surface area contributed by atoms with Crippen LogP contribution in [0.5, 0.6) is 0 Å². The van der Waals surface area contributed by atoms with Crippen molar-refractivity contribution in [3.05, 3.63) is 30.7 Å². The minimum atomic E-state index is -4.39. The van der Waals surface area contributed by atoms with E-state index in [2.05, 4.69) is 15.3 Å². The predicted molar refractivity (Wildman–Crippen MR) is 91.0 cm³/mol. The summed E-state index contributed by atoms with van der Waals surface area (Å²) in [6, 6.07) is 3.04. The molecule has 1 aliphatic rings. The van der Waals surface area contributed by atoms with Crippen molar-refractivity contribution in [2.45, 2.75) is 43.2 Å². The molecule has 1 aliphatic carbocycles. The number of fused-ring (bicyclic) bond motifs is 1. The second kappa shape index (κ2) is 6.16. The van der Waals surface area contributed by atoms with E-state index in [-0.39, 0.29) is 5.76 Å². The molecule has 3 aromatic rings. The van der Waals surface area contributed by atoms with Gasteiger partial charge in [0.05, 0.1) is 6.20 Å². The van der Waals surface area contributed by atoms with Gasteiger partial charge in [0.1, 0.15) is 11.5 Å². The molecule has 1 saturated carbocycles. The quantitative estimate of drug-likeness (QED) is 0.687. The zero-order valence-corrected chi connectivity index (χ0v) is 14.2. The first kappa shape index (κ1) is 16.1. The summed E-state index contributed by atoms with van der Waals surface area (Å²) in [4.78, 5) is 8.59. The van der Waals surface area contributed by atoms with Gasteiger partial charge in [-0.3, -0.25) is 13.9 Å². The summed E-state index contributed by atoms with van der Waals surface area (Å²) in [5.41, 5.74) is 1.12. The lowest BCUT2D eigenvalue weighted by Gasteiger charge is -2.23. The number of anilines is 1. The van der Waals surface area contributed by atoms with E-state index in [9.17, 15) is 8.42 Å². The second-order valence-corrected chi connectivity index (χ2v) is 7.54. The van der Waals surface area contributed by atoms with Crippen molar-refractivity contribution in [2.75, 3.05) is 5.32 Å². The number of furan rings is 1. The third-order valence-corrected chi connectivity index (χ3v) is 5.17. The highest BCUT2D eigenvalue weighted by Crippen LogP contribution is 2.33. The van der Waals surface area contributed by atoms with Gasteiger partial charge >= 0.3 is 10.1 Å². The Morgan fingerprint density at radius 3 is 2.76 bits per heavy atom. The fraction of sp³-hybridized carbons (Fsp3) is 0.375. The highest BCUT2D eigenvalue weighted by atomic mass is 32.2. The largest absolute Gasteiger partial charge is 0.440 e. The Bertz CT molecular complexity index is 1000. The van der Waals surface area contributed by atoms with Crippen molar-refractivity contribution in [3.8, 4) is 11.5 Å². The van der Waals surface area contributed by atoms with Gasteiger partial charge in [-0.2, -0.15) is 8.42 Å². The number of hydrogen-bond acceptors (Lipinski definition) is 6. The molecule has 0 spiro atoms. The molecule has 2 N–H and O–H groups in total.